The molecule has 0 amide bonds. The van der Waals surface area contributed by atoms with Crippen molar-refractivity contribution in [1.29, 1.82) is 0 Å². The summed E-state index contributed by atoms with van der Waals surface area (Å²) in [5.41, 5.74) is 0.983. The Morgan fingerprint density at radius 2 is 1.42 bits per heavy atom. The molecule has 9 heteroatoms. The van der Waals surface area contributed by atoms with E-state index in [1.54, 1.807) is 30.3 Å². The van der Waals surface area contributed by atoms with Gasteiger partial charge < -0.3 is 18.9 Å². The third-order valence-corrected chi connectivity index (χ3v) is 6.65. The minimum Gasteiger partial charge on any atom is -0.493 e. The van der Waals surface area contributed by atoms with Crippen molar-refractivity contribution in [2.45, 2.75) is 4.90 Å². The molecule has 0 fully saturated rings. The van der Waals surface area contributed by atoms with Crippen LogP contribution in [0.25, 0.3) is 21.8 Å². The highest BCUT2D eigenvalue weighted by atomic mass is 32.2. The molecule has 33 heavy (non-hydrogen) atoms. The second-order valence-corrected chi connectivity index (χ2v) is 9.31. The van der Waals surface area contributed by atoms with Crippen molar-refractivity contribution in [3.63, 3.8) is 0 Å². The summed E-state index contributed by atoms with van der Waals surface area (Å²) in [4.78, 5) is 13.9. The van der Waals surface area contributed by atoms with Crippen LogP contribution in [0, 0.1) is 0 Å². The summed E-state index contributed by atoms with van der Waals surface area (Å²) in [6.45, 7) is 0. The molecule has 0 saturated heterocycles. The largest absolute Gasteiger partial charge is 0.493 e. The Labute approximate surface area is 191 Å². The van der Waals surface area contributed by atoms with Crippen LogP contribution >= 0.6 is 0 Å². The molecule has 0 radical (unpaired) electrons. The Kier molecular flexibility index (Phi) is 5.67. The molecule has 4 rings (SSSR count). The van der Waals surface area contributed by atoms with Gasteiger partial charge in [-0.1, -0.05) is 12.1 Å². The van der Waals surface area contributed by atoms with Crippen molar-refractivity contribution in [1.82, 2.24) is 4.57 Å². The lowest BCUT2D eigenvalue weighted by atomic mass is 10.1. The number of carbonyl (C=O) groups excluding carboxylic acids is 1. The van der Waals surface area contributed by atoms with Gasteiger partial charge in [-0.3, -0.25) is 9.36 Å². The monoisotopic (exact) mass is 469 g/mol. The van der Waals surface area contributed by atoms with Gasteiger partial charge in [0.1, 0.15) is 5.52 Å². The summed E-state index contributed by atoms with van der Waals surface area (Å²) in [5.74, 6) is 1.15. The lowest BCUT2D eigenvalue weighted by Gasteiger charge is -2.14. The highest BCUT2D eigenvalue weighted by molar-refractivity contribution is 7.90. The molecule has 0 spiro atoms. The molecule has 0 N–H and O–H groups in total. The lowest BCUT2D eigenvalue weighted by Crippen LogP contribution is -2.16. The fourth-order valence-corrected chi connectivity index (χ4v) is 4.92. The number of aromatic nitrogens is 1. The molecular formula is C24H23NO7S. The number of ether oxygens (including phenoxy) is 4. The van der Waals surface area contributed by atoms with Crippen LogP contribution in [0.2, 0.25) is 0 Å². The molecule has 3 aromatic carbocycles. The predicted octanol–water partition coefficient (Wildman–Crippen LogP) is 3.92. The second kappa shape index (κ2) is 8.32. The first-order chi connectivity index (χ1) is 15.8. The van der Waals surface area contributed by atoms with Crippen LogP contribution in [0.15, 0.2) is 53.4 Å². The van der Waals surface area contributed by atoms with Crippen LogP contribution in [0.1, 0.15) is 10.4 Å². The van der Waals surface area contributed by atoms with E-state index in [-0.39, 0.29) is 10.5 Å². The van der Waals surface area contributed by atoms with E-state index in [1.807, 2.05) is 6.07 Å². The average molecular weight is 470 g/mol. The molecule has 172 valence electrons. The molecule has 1 aromatic heterocycles. The van der Waals surface area contributed by atoms with Gasteiger partial charge in [0.15, 0.2) is 32.8 Å². The van der Waals surface area contributed by atoms with Crippen LogP contribution in [0.5, 0.6) is 23.0 Å². The summed E-state index contributed by atoms with van der Waals surface area (Å²) in [6.07, 6.45) is 1.07. The molecule has 0 atom stereocenters. The number of sulfone groups is 1. The number of rotatable bonds is 6. The van der Waals surface area contributed by atoms with E-state index in [2.05, 4.69) is 0 Å². The summed E-state index contributed by atoms with van der Waals surface area (Å²) < 4.78 is 48.3. The Bertz CT molecular complexity index is 1500. The highest BCUT2D eigenvalue weighted by Gasteiger charge is 2.27. The van der Waals surface area contributed by atoms with Gasteiger partial charge in [-0.25, -0.2) is 8.42 Å². The van der Waals surface area contributed by atoms with Crippen molar-refractivity contribution in [2.75, 3.05) is 34.7 Å². The average Bonchev–Trinajstić information content (AvgIpc) is 3.14. The van der Waals surface area contributed by atoms with Gasteiger partial charge in [-0.05, 0) is 30.3 Å². The molecule has 0 aliphatic rings. The first-order valence-electron chi connectivity index (χ1n) is 9.91. The number of hydrogen-bond donors (Lipinski definition) is 0. The number of nitrogens with zero attached hydrogens (tertiary/aromatic N) is 1. The van der Waals surface area contributed by atoms with Crippen LogP contribution in [-0.4, -0.2) is 53.6 Å². The minimum atomic E-state index is -3.66. The van der Waals surface area contributed by atoms with Crippen molar-refractivity contribution in [3.8, 4) is 23.0 Å². The van der Waals surface area contributed by atoms with Gasteiger partial charge in [0.2, 0.25) is 0 Å². The Morgan fingerprint density at radius 1 is 0.788 bits per heavy atom. The first kappa shape index (κ1) is 22.5. The number of methoxy groups -OCH3 is 4. The maximum Gasteiger partial charge on any atom is 0.264 e. The summed E-state index contributed by atoms with van der Waals surface area (Å²) >= 11 is 0. The molecule has 0 saturated carbocycles. The second-order valence-electron chi connectivity index (χ2n) is 7.33. The zero-order chi connectivity index (χ0) is 23.9. The predicted molar refractivity (Wildman–Crippen MR) is 125 cm³/mol. The standard InChI is InChI=1S/C24H23NO7S/c1-29-18-11-10-14-16-12-19(30-2)20(31-3)13-17(16)25(22(14)23(18)32-4)24(26)15-8-6-7-9-21(15)33(5,27)28/h6-13H,1-5H3. The summed E-state index contributed by atoms with van der Waals surface area (Å²) in [6, 6.07) is 13.1. The highest BCUT2D eigenvalue weighted by Crippen LogP contribution is 2.44. The number of carbonyl (C=O) groups is 1. The van der Waals surface area contributed by atoms with Gasteiger partial charge in [-0.15, -0.1) is 0 Å². The number of fused-ring (bicyclic) bond motifs is 3. The van der Waals surface area contributed by atoms with Crippen molar-refractivity contribution >= 4 is 37.6 Å². The Balaban J connectivity index is 2.20. The zero-order valence-electron chi connectivity index (χ0n) is 18.8. The van der Waals surface area contributed by atoms with Crippen molar-refractivity contribution in [3.05, 3.63) is 54.1 Å². The summed E-state index contributed by atoms with van der Waals surface area (Å²) in [5, 5.41) is 1.41. The van der Waals surface area contributed by atoms with Gasteiger partial charge in [0.05, 0.1) is 44.4 Å². The SMILES string of the molecule is COc1cc2c3ccc(OC)c(OC)c3n(C(=O)c3ccccc3S(C)(=O)=O)c2cc1OC. The van der Waals surface area contributed by atoms with Crippen LogP contribution in [-0.2, 0) is 9.84 Å². The summed E-state index contributed by atoms with van der Waals surface area (Å²) in [7, 11) is 2.35. The zero-order valence-corrected chi connectivity index (χ0v) is 19.6. The van der Waals surface area contributed by atoms with Crippen LogP contribution in [0.4, 0.5) is 0 Å². The van der Waals surface area contributed by atoms with Crippen LogP contribution < -0.4 is 18.9 Å². The smallest absolute Gasteiger partial charge is 0.264 e. The Hall–Kier alpha value is -3.72. The van der Waals surface area contributed by atoms with E-state index in [0.29, 0.717) is 44.8 Å². The fraction of sp³-hybridized carbons (Fsp3) is 0.208. The first-order valence-corrected chi connectivity index (χ1v) is 11.8. The maximum atomic E-state index is 14.0. The molecule has 4 aromatic rings. The molecule has 0 unspecified atom stereocenters. The molecule has 0 aliphatic heterocycles. The van der Waals surface area contributed by atoms with Gasteiger partial charge >= 0.3 is 0 Å². The minimum absolute atomic E-state index is 0.0402. The van der Waals surface area contributed by atoms with E-state index < -0.39 is 15.7 Å². The molecule has 0 aliphatic carbocycles. The molecular weight excluding hydrogens is 446 g/mol. The topological polar surface area (TPSA) is 93.1 Å². The molecule has 1 heterocycles. The van der Waals surface area contributed by atoms with Crippen molar-refractivity contribution in [2.24, 2.45) is 0 Å². The van der Waals surface area contributed by atoms with Crippen molar-refractivity contribution < 1.29 is 32.2 Å². The van der Waals surface area contributed by atoms with E-state index in [0.717, 1.165) is 6.26 Å². The number of hydrogen-bond acceptors (Lipinski definition) is 7. The molecule has 0 bridgehead atoms. The normalized spacial score (nSPS) is 11.5. The quantitative estimate of drug-likeness (QED) is 0.423. The van der Waals surface area contributed by atoms with Gasteiger partial charge in [-0.2, -0.15) is 0 Å². The van der Waals surface area contributed by atoms with E-state index in [1.165, 1.54) is 45.1 Å². The van der Waals surface area contributed by atoms with Crippen LogP contribution in [0.3, 0.4) is 0 Å². The third-order valence-electron chi connectivity index (χ3n) is 5.50. The number of benzene rings is 3. The van der Waals surface area contributed by atoms with E-state index in [4.69, 9.17) is 18.9 Å². The van der Waals surface area contributed by atoms with Gasteiger partial charge in [0, 0.05) is 23.1 Å². The third kappa shape index (κ3) is 3.54. The van der Waals surface area contributed by atoms with E-state index in [9.17, 15) is 13.2 Å². The fourth-order valence-electron chi connectivity index (χ4n) is 4.04. The molecule has 8 nitrogen and oxygen atoms in total. The van der Waals surface area contributed by atoms with E-state index >= 15 is 0 Å². The Morgan fingerprint density at radius 3 is 2.03 bits per heavy atom. The maximum absolute atomic E-state index is 14.0. The van der Waals surface area contributed by atoms with Gasteiger partial charge in [0.25, 0.3) is 5.91 Å². The lowest BCUT2D eigenvalue weighted by molar-refractivity contribution is 0.0965.